The monoisotopic (exact) mass is 236 g/mol. The lowest BCUT2D eigenvalue weighted by atomic mass is 9.99. The molecular weight excluding hydrogens is 215 g/mol. The van der Waals surface area contributed by atoms with E-state index < -0.39 is 0 Å². The molecule has 1 aliphatic heterocycles. The normalized spacial score (nSPS) is 19.2. The van der Waals surface area contributed by atoms with Crippen molar-refractivity contribution in [1.82, 2.24) is 10.2 Å². The SMILES string of the molecule is CC[C@H](c1cc(C)ccc1F)N1CCNCC1. The van der Waals surface area contributed by atoms with Gasteiger partial charge in [0.15, 0.2) is 0 Å². The summed E-state index contributed by atoms with van der Waals surface area (Å²) >= 11 is 0. The van der Waals surface area contributed by atoms with Crippen molar-refractivity contribution in [3.05, 3.63) is 35.1 Å². The van der Waals surface area contributed by atoms with Crippen molar-refractivity contribution in [3.63, 3.8) is 0 Å². The molecule has 1 aliphatic rings. The second-order valence-corrected chi connectivity index (χ2v) is 4.73. The first-order valence-electron chi connectivity index (χ1n) is 6.43. The van der Waals surface area contributed by atoms with Crippen LogP contribution in [0.5, 0.6) is 0 Å². The molecule has 94 valence electrons. The van der Waals surface area contributed by atoms with Crippen LogP contribution in [-0.2, 0) is 0 Å². The van der Waals surface area contributed by atoms with Crippen molar-refractivity contribution >= 4 is 0 Å². The van der Waals surface area contributed by atoms with Gasteiger partial charge in [-0.05, 0) is 19.4 Å². The Morgan fingerprint density at radius 3 is 2.71 bits per heavy atom. The van der Waals surface area contributed by atoms with Crippen molar-refractivity contribution in [3.8, 4) is 0 Å². The van der Waals surface area contributed by atoms with E-state index in [1.807, 2.05) is 19.1 Å². The molecule has 0 radical (unpaired) electrons. The molecule has 0 amide bonds. The summed E-state index contributed by atoms with van der Waals surface area (Å²) in [6.45, 7) is 8.17. The number of piperazine rings is 1. The van der Waals surface area contributed by atoms with Crippen molar-refractivity contribution in [1.29, 1.82) is 0 Å². The van der Waals surface area contributed by atoms with Gasteiger partial charge in [0.1, 0.15) is 5.82 Å². The molecule has 0 aliphatic carbocycles. The molecule has 0 aromatic heterocycles. The van der Waals surface area contributed by atoms with E-state index in [1.54, 1.807) is 6.07 Å². The van der Waals surface area contributed by atoms with Gasteiger partial charge in [-0.2, -0.15) is 0 Å². The summed E-state index contributed by atoms with van der Waals surface area (Å²) in [5, 5.41) is 3.34. The quantitative estimate of drug-likeness (QED) is 0.867. The van der Waals surface area contributed by atoms with Crippen LogP contribution in [0.4, 0.5) is 4.39 Å². The standard InChI is InChI=1S/C14H21FN2/c1-3-14(17-8-6-16-7-9-17)12-10-11(2)4-5-13(12)15/h4-5,10,14,16H,3,6-9H2,1-2H3/t14-/m1/s1. The number of rotatable bonds is 3. The molecule has 1 heterocycles. The maximum atomic E-state index is 13.9. The summed E-state index contributed by atoms with van der Waals surface area (Å²) < 4.78 is 13.9. The summed E-state index contributed by atoms with van der Waals surface area (Å²) in [6.07, 6.45) is 0.959. The molecule has 17 heavy (non-hydrogen) atoms. The summed E-state index contributed by atoms with van der Waals surface area (Å²) in [5.41, 5.74) is 1.99. The molecule has 2 rings (SSSR count). The highest BCUT2D eigenvalue weighted by atomic mass is 19.1. The van der Waals surface area contributed by atoms with Crippen LogP contribution in [0.25, 0.3) is 0 Å². The molecule has 1 N–H and O–H groups in total. The zero-order valence-corrected chi connectivity index (χ0v) is 10.7. The lowest BCUT2D eigenvalue weighted by molar-refractivity contribution is 0.166. The van der Waals surface area contributed by atoms with Crippen LogP contribution in [0.2, 0.25) is 0 Å². The predicted molar refractivity (Wildman–Crippen MR) is 68.6 cm³/mol. The van der Waals surface area contributed by atoms with Crippen LogP contribution in [-0.4, -0.2) is 31.1 Å². The highest BCUT2D eigenvalue weighted by molar-refractivity contribution is 5.27. The van der Waals surface area contributed by atoms with Crippen LogP contribution in [0.15, 0.2) is 18.2 Å². The number of aryl methyl sites for hydroxylation is 1. The Morgan fingerprint density at radius 1 is 1.35 bits per heavy atom. The van der Waals surface area contributed by atoms with Gasteiger partial charge in [0.2, 0.25) is 0 Å². The molecule has 1 atom stereocenters. The molecule has 0 saturated carbocycles. The first-order valence-corrected chi connectivity index (χ1v) is 6.43. The van der Waals surface area contributed by atoms with Gasteiger partial charge in [0.25, 0.3) is 0 Å². The van der Waals surface area contributed by atoms with Crippen molar-refractivity contribution in [2.75, 3.05) is 26.2 Å². The van der Waals surface area contributed by atoms with E-state index in [-0.39, 0.29) is 11.9 Å². The highest BCUT2D eigenvalue weighted by Gasteiger charge is 2.22. The molecular formula is C14H21FN2. The largest absolute Gasteiger partial charge is 0.314 e. The van der Waals surface area contributed by atoms with E-state index in [9.17, 15) is 4.39 Å². The smallest absolute Gasteiger partial charge is 0.128 e. The number of hydrogen-bond donors (Lipinski definition) is 1. The fraction of sp³-hybridized carbons (Fsp3) is 0.571. The number of halogens is 1. The topological polar surface area (TPSA) is 15.3 Å². The van der Waals surface area contributed by atoms with E-state index in [1.165, 1.54) is 0 Å². The molecule has 1 aromatic rings. The fourth-order valence-corrected chi connectivity index (χ4v) is 2.59. The highest BCUT2D eigenvalue weighted by Crippen LogP contribution is 2.27. The average molecular weight is 236 g/mol. The minimum atomic E-state index is -0.0685. The van der Waals surface area contributed by atoms with E-state index in [0.29, 0.717) is 0 Å². The molecule has 0 spiro atoms. The molecule has 0 bridgehead atoms. The van der Waals surface area contributed by atoms with E-state index >= 15 is 0 Å². The predicted octanol–water partition coefficient (Wildman–Crippen LogP) is 2.49. The van der Waals surface area contributed by atoms with E-state index in [4.69, 9.17) is 0 Å². The van der Waals surface area contributed by atoms with Gasteiger partial charge in [-0.1, -0.05) is 24.6 Å². The number of benzene rings is 1. The summed E-state index contributed by atoms with van der Waals surface area (Å²) in [6, 6.07) is 5.64. The molecule has 0 unspecified atom stereocenters. The first-order chi connectivity index (χ1) is 8.22. The van der Waals surface area contributed by atoms with Crippen molar-refractivity contribution < 1.29 is 4.39 Å². The molecule has 1 fully saturated rings. The minimum absolute atomic E-state index is 0.0685. The van der Waals surface area contributed by atoms with E-state index in [2.05, 4.69) is 17.1 Å². The lowest BCUT2D eigenvalue weighted by Crippen LogP contribution is -2.45. The van der Waals surface area contributed by atoms with Gasteiger partial charge in [-0.15, -0.1) is 0 Å². The second-order valence-electron chi connectivity index (χ2n) is 4.73. The van der Waals surface area contributed by atoms with Crippen LogP contribution in [0, 0.1) is 12.7 Å². The van der Waals surface area contributed by atoms with Gasteiger partial charge >= 0.3 is 0 Å². The summed E-state index contributed by atoms with van der Waals surface area (Å²) in [7, 11) is 0. The molecule has 1 aromatic carbocycles. The van der Waals surface area contributed by atoms with Gasteiger partial charge in [0.05, 0.1) is 0 Å². The third-order valence-corrected chi connectivity index (χ3v) is 3.49. The zero-order chi connectivity index (χ0) is 12.3. The zero-order valence-electron chi connectivity index (χ0n) is 10.7. The van der Waals surface area contributed by atoms with Gasteiger partial charge in [-0.3, -0.25) is 4.90 Å². The Kier molecular flexibility index (Phi) is 4.13. The maximum absolute atomic E-state index is 13.9. The van der Waals surface area contributed by atoms with E-state index in [0.717, 1.165) is 43.7 Å². The molecule has 2 nitrogen and oxygen atoms in total. The lowest BCUT2D eigenvalue weighted by Gasteiger charge is -2.35. The number of hydrogen-bond acceptors (Lipinski definition) is 2. The van der Waals surface area contributed by atoms with Crippen LogP contribution >= 0.6 is 0 Å². The van der Waals surface area contributed by atoms with Crippen molar-refractivity contribution in [2.45, 2.75) is 26.3 Å². The second kappa shape index (κ2) is 5.61. The number of nitrogens with zero attached hydrogens (tertiary/aromatic N) is 1. The summed E-state index contributed by atoms with van der Waals surface area (Å²) in [4.78, 5) is 2.38. The van der Waals surface area contributed by atoms with Gasteiger partial charge in [-0.25, -0.2) is 4.39 Å². The van der Waals surface area contributed by atoms with Crippen LogP contribution in [0.3, 0.4) is 0 Å². The fourth-order valence-electron chi connectivity index (χ4n) is 2.59. The van der Waals surface area contributed by atoms with Crippen LogP contribution < -0.4 is 5.32 Å². The Morgan fingerprint density at radius 2 is 2.06 bits per heavy atom. The first kappa shape index (κ1) is 12.5. The molecule has 1 saturated heterocycles. The van der Waals surface area contributed by atoms with Crippen LogP contribution in [0.1, 0.15) is 30.5 Å². The molecule has 3 heteroatoms. The van der Waals surface area contributed by atoms with Crippen molar-refractivity contribution in [2.24, 2.45) is 0 Å². The third kappa shape index (κ3) is 2.85. The Bertz CT molecular complexity index is 372. The van der Waals surface area contributed by atoms with Gasteiger partial charge in [0, 0.05) is 37.8 Å². The Hall–Kier alpha value is -0.930. The Labute approximate surface area is 103 Å². The minimum Gasteiger partial charge on any atom is -0.314 e. The maximum Gasteiger partial charge on any atom is 0.128 e. The Balaban J connectivity index is 2.24. The third-order valence-electron chi connectivity index (χ3n) is 3.49. The summed E-state index contributed by atoms with van der Waals surface area (Å²) in [5.74, 6) is -0.0685. The van der Waals surface area contributed by atoms with Gasteiger partial charge < -0.3 is 5.32 Å². The number of nitrogens with one attached hydrogen (secondary N) is 1. The average Bonchev–Trinajstić information content (AvgIpc) is 2.36.